The Morgan fingerprint density at radius 1 is 1.10 bits per heavy atom. The summed E-state index contributed by atoms with van der Waals surface area (Å²) in [5, 5.41) is 44.8. The first-order valence-electron chi connectivity index (χ1n) is 5.67. The van der Waals surface area contributed by atoms with E-state index in [1.165, 1.54) is 0 Å². The van der Waals surface area contributed by atoms with Crippen LogP contribution in [0.5, 0.6) is 0 Å². The number of nitrogens with two attached hydrogens (primary N) is 1. The zero-order valence-corrected chi connectivity index (χ0v) is 11.0. The van der Waals surface area contributed by atoms with Crippen LogP contribution in [0.1, 0.15) is 0 Å². The Bertz CT molecular complexity index is 262. The fraction of sp³-hybridized carbons (Fsp3) is 0.800. The van der Waals surface area contributed by atoms with Gasteiger partial charge in [0.25, 0.3) is 0 Å². The normalized spacial score (nSPS) is 10.4. The number of aliphatic carboxylic acids is 1. The number of carbonyl (C=O) groups is 2. The van der Waals surface area contributed by atoms with Gasteiger partial charge in [0.15, 0.2) is 0 Å². The van der Waals surface area contributed by atoms with E-state index in [0.717, 1.165) is 0 Å². The Labute approximate surface area is 115 Å². The van der Waals surface area contributed by atoms with Gasteiger partial charge in [0.05, 0.1) is 45.1 Å². The molecule has 0 aromatic carbocycles. The molecule has 0 radical (unpaired) electrons. The largest absolute Gasteiger partial charge is 0.480 e. The molecule has 0 atom stereocenters. The van der Waals surface area contributed by atoms with Gasteiger partial charge in [0.2, 0.25) is 0 Å². The number of ether oxygens (including phenoxy) is 1. The molecule has 0 saturated heterocycles. The van der Waals surface area contributed by atoms with Crippen molar-refractivity contribution in [3.63, 3.8) is 0 Å². The number of carboxylic acid groups (broad SMARTS) is 1. The van der Waals surface area contributed by atoms with Gasteiger partial charge >= 0.3 is 11.9 Å². The van der Waals surface area contributed by atoms with Crippen LogP contribution in [0.15, 0.2) is 0 Å². The molecular weight excluding hydrogens is 276 g/mol. The molecule has 0 rings (SSSR count). The van der Waals surface area contributed by atoms with Gasteiger partial charge in [-0.05, 0) is 0 Å². The molecule has 0 aromatic heterocycles. The summed E-state index contributed by atoms with van der Waals surface area (Å²) in [5.74, 6) is -1.60. The first-order valence-corrected chi connectivity index (χ1v) is 5.67. The quantitative estimate of drug-likeness (QED) is 0.206. The van der Waals surface area contributed by atoms with Gasteiger partial charge in [0.1, 0.15) is 6.61 Å². The lowest BCUT2D eigenvalue weighted by atomic mass is 10.0. The Hall–Kier alpha value is -1.30. The van der Waals surface area contributed by atoms with Crippen molar-refractivity contribution in [3.8, 4) is 0 Å². The predicted molar refractivity (Wildman–Crippen MR) is 66.7 cm³/mol. The van der Waals surface area contributed by atoms with Crippen LogP contribution in [0, 0.1) is 0 Å². The van der Waals surface area contributed by atoms with Crippen LogP contribution in [0.25, 0.3) is 0 Å². The van der Waals surface area contributed by atoms with Crippen molar-refractivity contribution in [2.24, 2.45) is 5.73 Å². The van der Waals surface area contributed by atoms with Gasteiger partial charge in [-0.15, -0.1) is 0 Å². The second kappa shape index (κ2) is 12.7. The molecule has 8 N–H and O–H groups in total. The molecule has 0 spiro atoms. The van der Waals surface area contributed by atoms with Crippen LogP contribution < -0.4 is 11.1 Å². The van der Waals surface area contributed by atoms with Crippen LogP contribution in [0.2, 0.25) is 0 Å². The van der Waals surface area contributed by atoms with Crippen molar-refractivity contribution >= 4 is 11.9 Å². The zero-order valence-electron chi connectivity index (χ0n) is 11.0. The number of nitrogens with one attached hydrogen (secondary N) is 1. The molecule has 0 aliphatic carbocycles. The maximum absolute atomic E-state index is 10.1. The highest BCUT2D eigenvalue weighted by atomic mass is 16.5. The lowest BCUT2D eigenvalue weighted by Crippen LogP contribution is -2.56. The summed E-state index contributed by atoms with van der Waals surface area (Å²) >= 11 is 0. The molecule has 0 heterocycles. The fourth-order valence-corrected chi connectivity index (χ4v) is 0.799. The first kappa shape index (κ1) is 21.0. The summed E-state index contributed by atoms with van der Waals surface area (Å²) < 4.78 is 4.33. The second-order valence-electron chi connectivity index (χ2n) is 3.65. The van der Waals surface area contributed by atoms with E-state index in [9.17, 15) is 9.59 Å². The number of hydrogen-bond donors (Lipinski definition) is 7. The molecule has 0 aliphatic heterocycles. The number of hydrogen-bond acceptors (Lipinski definition) is 9. The second-order valence-corrected chi connectivity index (χ2v) is 3.65. The Balaban J connectivity index is 0. The average Bonchev–Trinajstić information content (AvgIpc) is 2.47. The number of carbonyl (C=O) groups excluding carboxylic acids is 1. The maximum atomic E-state index is 10.1. The van der Waals surface area contributed by atoms with Crippen molar-refractivity contribution in [1.29, 1.82) is 0 Å². The highest BCUT2D eigenvalue weighted by Gasteiger charge is 2.27. The van der Waals surface area contributed by atoms with E-state index in [1.54, 1.807) is 0 Å². The smallest absolute Gasteiger partial charge is 0.319 e. The van der Waals surface area contributed by atoms with Crippen LogP contribution in [0.4, 0.5) is 0 Å². The molecule has 120 valence electrons. The number of aliphatic hydroxyl groups excluding tert-OH is 4. The molecule has 0 amide bonds. The maximum Gasteiger partial charge on any atom is 0.319 e. The molecule has 0 bridgehead atoms. The van der Waals surface area contributed by atoms with Crippen molar-refractivity contribution in [2.45, 2.75) is 5.54 Å². The summed E-state index contributed by atoms with van der Waals surface area (Å²) in [7, 11) is 0. The minimum Gasteiger partial charge on any atom is -0.480 e. The van der Waals surface area contributed by atoms with Crippen molar-refractivity contribution in [3.05, 3.63) is 0 Å². The lowest BCUT2D eigenvalue weighted by Gasteiger charge is -2.27. The SMILES string of the molecule is NCC(=O)OCCO.O=C(O)CNC(CO)(CO)CO. The molecule has 0 fully saturated rings. The lowest BCUT2D eigenvalue weighted by molar-refractivity contribution is -0.143. The molecule has 20 heavy (non-hydrogen) atoms. The minimum atomic E-state index is -1.31. The van der Waals surface area contributed by atoms with Crippen molar-refractivity contribution < 1.29 is 39.9 Å². The molecule has 10 heteroatoms. The fourth-order valence-electron chi connectivity index (χ4n) is 0.799. The summed E-state index contributed by atoms with van der Waals surface area (Å²) in [6.45, 7) is -2.21. The average molecular weight is 298 g/mol. The van der Waals surface area contributed by atoms with E-state index in [1.807, 2.05) is 0 Å². The summed E-state index contributed by atoms with van der Waals surface area (Å²) in [6.07, 6.45) is 0. The Kier molecular flexibility index (Phi) is 13.4. The summed E-state index contributed by atoms with van der Waals surface area (Å²) in [5.41, 5.74) is 3.55. The van der Waals surface area contributed by atoms with Gasteiger partial charge < -0.3 is 36.0 Å². The minimum absolute atomic E-state index is 0.0377. The topological polar surface area (TPSA) is 183 Å². The van der Waals surface area contributed by atoms with E-state index >= 15 is 0 Å². The third kappa shape index (κ3) is 10.6. The van der Waals surface area contributed by atoms with Gasteiger partial charge in [-0.1, -0.05) is 0 Å². The van der Waals surface area contributed by atoms with Gasteiger partial charge in [-0.2, -0.15) is 0 Å². The molecule has 0 saturated carbocycles. The van der Waals surface area contributed by atoms with E-state index < -0.39 is 43.8 Å². The highest BCUT2D eigenvalue weighted by molar-refractivity contribution is 5.71. The van der Waals surface area contributed by atoms with E-state index in [0.29, 0.717) is 0 Å². The number of aliphatic hydroxyl groups is 4. The summed E-state index contributed by atoms with van der Waals surface area (Å²) in [4.78, 5) is 20.2. The highest BCUT2D eigenvalue weighted by Crippen LogP contribution is 2.00. The van der Waals surface area contributed by atoms with E-state index in [2.05, 4.69) is 10.1 Å². The molecule has 0 aliphatic rings. The molecule has 0 unspecified atom stereocenters. The number of rotatable bonds is 9. The molecular formula is C10H22N2O8. The first-order chi connectivity index (χ1) is 9.41. The predicted octanol–water partition coefficient (Wildman–Crippen LogP) is -4.14. The van der Waals surface area contributed by atoms with E-state index in [4.69, 9.17) is 31.3 Å². The van der Waals surface area contributed by atoms with Gasteiger partial charge in [-0.3, -0.25) is 14.9 Å². The van der Waals surface area contributed by atoms with Crippen molar-refractivity contribution in [1.82, 2.24) is 5.32 Å². The van der Waals surface area contributed by atoms with Crippen molar-refractivity contribution in [2.75, 3.05) is 46.1 Å². The van der Waals surface area contributed by atoms with Gasteiger partial charge in [0, 0.05) is 0 Å². The van der Waals surface area contributed by atoms with Crippen LogP contribution in [-0.4, -0.2) is 89.1 Å². The summed E-state index contributed by atoms with van der Waals surface area (Å²) in [6, 6.07) is 0. The van der Waals surface area contributed by atoms with Gasteiger partial charge in [-0.25, -0.2) is 0 Å². The third-order valence-corrected chi connectivity index (χ3v) is 2.04. The number of carboxylic acids is 1. The number of esters is 1. The van der Waals surface area contributed by atoms with Crippen LogP contribution in [0.3, 0.4) is 0 Å². The zero-order chi connectivity index (χ0) is 16.0. The monoisotopic (exact) mass is 298 g/mol. The van der Waals surface area contributed by atoms with Crippen LogP contribution >= 0.6 is 0 Å². The van der Waals surface area contributed by atoms with E-state index in [-0.39, 0.29) is 19.8 Å². The molecule has 0 aromatic rings. The standard InChI is InChI=1S/C6H13NO5.C4H9NO3/c8-2-6(3-9,4-10)7-1-5(11)12;5-3-4(7)8-2-1-6/h7-10H,1-4H2,(H,11,12);6H,1-3,5H2. The Morgan fingerprint density at radius 2 is 1.60 bits per heavy atom. The third-order valence-electron chi connectivity index (χ3n) is 2.04. The van der Waals surface area contributed by atoms with Crippen LogP contribution in [-0.2, 0) is 14.3 Å². The molecule has 10 nitrogen and oxygen atoms in total. The Morgan fingerprint density at radius 3 is 1.90 bits per heavy atom.